The zero-order valence-electron chi connectivity index (χ0n) is 14.1. The van der Waals surface area contributed by atoms with Gasteiger partial charge >= 0.3 is 0 Å². The summed E-state index contributed by atoms with van der Waals surface area (Å²) in [5.41, 5.74) is 1.94. The third-order valence-electron chi connectivity index (χ3n) is 5.05. The van der Waals surface area contributed by atoms with Gasteiger partial charge in [0.25, 0.3) is 0 Å². The van der Waals surface area contributed by atoms with Gasteiger partial charge in [-0.25, -0.2) is 0 Å². The Hall–Kier alpha value is -2.56. The van der Waals surface area contributed by atoms with E-state index in [0.717, 1.165) is 42.8 Å². The molecule has 1 aliphatic carbocycles. The van der Waals surface area contributed by atoms with E-state index in [1.165, 1.54) is 0 Å². The number of carbonyl (C=O) groups excluding carboxylic acids is 2. The number of anilines is 1. The zero-order valence-corrected chi connectivity index (χ0v) is 14.1. The molecule has 1 aliphatic heterocycles. The topological polar surface area (TPSA) is 62.6 Å². The average Bonchev–Trinajstić information content (AvgIpc) is 3.25. The molecule has 130 valence electrons. The van der Waals surface area contributed by atoms with Crippen molar-refractivity contribution in [3.8, 4) is 0 Å². The second-order valence-corrected chi connectivity index (χ2v) is 6.85. The normalized spacial score (nSPS) is 22.7. The Morgan fingerprint density at radius 2 is 2.16 bits per heavy atom. The van der Waals surface area contributed by atoms with E-state index in [2.05, 4.69) is 5.32 Å². The van der Waals surface area contributed by atoms with Crippen molar-refractivity contribution in [1.29, 1.82) is 0 Å². The van der Waals surface area contributed by atoms with Crippen molar-refractivity contribution < 1.29 is 14.0 Å². The SMILES string of the molecule is O=C(NCc1cccc(N2CCCCC2=O)c1)[C@@H]1C[C@H]1c1ccco1. The molecule has 5 nitrogen and oxygen atoms in total. The van der Waals surface area contributed by atoms with Gasteiger partial charge in [0.15, 0.2) is 0 Å². The predicted octanol–water partition coefficient (Wildman–Crippen LogP) is 3.22. The fraction of sp³-hybridized carbons (Fsp3) is 0.400. The van der Waals surface area contributed by atoms with Crippen molar-refractivity contribution >= 4 is 17.5 Å². The number of furan rings is 1. The first kappa shape index (κ1) is 15.9. The van der Waals surface area contributed by atoms with Crippen LogP contribution in [0.4, 0.5) is 5.69 Å². The van der Waals surface area contributed by atoms with Crippen LogP contribution in [0.15, 0.2) is 47.1 Å². The van der Waals surface area contributed by atoms with Crippen molar-refractivity contribution in [1.82, 2.24) is 5.32 Å². The zero-order chi connectivity index (χ0) is 17.2. The molecule has 1 N–H and O–H groups in total. The van der Waals surface area contributed by atoms with E-state index in [4.69, 9.17) is 4.42 Å². The summed E-state index contributed by atoms with van der Waals surface area (Å²) in [6.07, 6.45) is 5.14. The van der Waals surface area contributed by atoms with E-state index in [1.807, 2.05) is 41.3 Å². The summed E-state index contributed by atoms with van der Waals surface area (Å²) >= 11 is 0. The van der Waals surface area contributed by atoms with Gasteiger partial charge in [-0.05, 0) is 49.1 Å². The Bertz CT molecular complexity index is 769. The van der Waals surface area contributed by atoms with E-state index >= 15 is 0 Å². The summed E-state index contributed by atoms with van der Waals surface area (Å²) in [5, 5.41) is 3.01. The first-order valence-electron chi connectivity index (χ1n) is 8.93. The summed E-state index contributed by atoms with van der Waals surface area (Å²) in [4.78, 5) is 26.2. The van der Waals surface area contributed by atoms with Crippen molar-refractivity contribution in [3.63, 3.8) is 0 Å². The molecule has 0 radical (unpaired) electrons. The molecule has 0 unspecified atom stereocenters. The highest BCUT2D eigenvalue weighted by atomic mass is 16.3. The Kier molecular flexibility index (Phi) is 4.30. The van der Waals surface area contributed by atoms with Gasteiger partial charge in [0.1, 0.15) is 5.76 Å². The van der Waals surface area contributed by atoms with Crippen LogP contribution in [-0.2, 0) is 16.1 Å². The Morgan fingerprint density at radius 1 is 1.24 bits per heavy atom. The van der Waals surface area contributed by atoms with Gasteiger partial charge in [-0.3, -0.25) is 9.59 Å². The van der Waals surface area contributed by atoms with Crippen molar-refractivity contribution in [3.05, 3.63) is 54.0 Å². The lowest BCUT2D eigenvalue weighted by Crippen LogP contribution is -2.35. The van der Waals surface area contributed by atoms with E-state index < -0.39 is 0 Å². The molecule has 4 rings (SSSR count). The standard InChI is InChI=1S/C20H22N2O3/c23-19-8-1-2-9-22(19)15-6-3-5-14(11-15)13-21-20(24)17-12-16(17)18-7-4-10-25-18/h3-7,10-11,16-17H,1-2,8-9,12-13H2,(H,21,24)/t16-,17-/m1/s1. The third kappa shape index (κ3) is 3.45. The molecule has 2 amide bonds. The van der Waals surface area contributed by atoms with Gasteiger partial charge in [-0.1, -0.05) is 12.1 Å². The largest absolute Gasteiger partial charge is 0.469 e. The molecule has 1 saturated carbocycles. The maximum atomic E-state index is 12.3. The minimum absolute atomic E-state index is 0.0120. The highest BCUT2D eigenvalue weighted by Crippen LogP contribution is 2.47. The van der Waals surface area contributed by atoms with E-state index in [-0.39, 0.29) is 23.7 Å². The second-order valence-electron chi connectivity index (χ2n) is 6.85. The van der Waals surface area contributed by atoms with Gasteiger partial charge in [-0.2, -0.15) is 0 Å². The van der Waals surface area contributed by atoms with Crippen LogP contribution in [-0.4, -0.2) is 18.4 Å². The summed E-state index contributed by atoms with van der Waals surface area (Å²) in [7, 11) is 0. The molecule has 2 heterocycles. The van der Waals surface area contributed by atoms with E-state index in [9.17, 15) is 9.59 Å². The molecular formula is C20H22N2O3. The summed E-state index contributed by atoms with van der Waals surface area (Å²) in [6, 6.07) is 11.7. The Morgan fingerprint density at radius 3 is 2.96 bits per heavy atom. The smallest absolute Gasteiger partial charge is 0.226 e. The molecule has 2 aliphatic rings. The Labute approximate surface area is 147 Å². The van der Waals surface area contributed by atoms with Crippen LogP contribution < -0.4 is 10.2 Å². The highest BCUT2D eigenvalue weighted by molar-refractivity contribution is 5.94. The minimum Gasteiger partial charge on any atom is -0.469 e. The van der Waals surface area contributed by atoms with Gasteiger partial charge in [-0.15, -0.1) is 0 Å². The van der Waals surface area contributed by atoms with Crippen LogP contribution in [0, 0.1) is 5.92 Å². The molecule has 1 saturated heterocycles. The molecule has 1 aromatic carbocycles. The minimum atomic E-state index is 0.0120. The van der Waals surface area contributed by atoms with Gasteiger partial charge in [0.05, 0.1) is 6.26 Å². The maximum absolute atomic E-state index is 12.3. The lowest BCUT2D eigenvalue weighted by molar-refractivity contribution is -0.122. The van der Waals surface area contributed by atoms with E-state index in [0.29, 0.717) is 13.0 Å². The molecule has 2 fully saturated rings. The molecular weight excluding hydrogens is 316 g/mol. The molecule has 5 heteroatoms. The van der Waals surface area contributed by atoms with Crippen LogP contribution in [0.3, 0.4) is 0 Å². The van der Waals surface area contributed by atoms with Crippen molar-refractivity contribution in [2.75, 3.05) is 11.4 Å². The number of rotatable bonds is 5. The van der Waals surface area contributed by atoms with Crippen LogP contribution in [0.2, 0.25) is 0 Å². The fourth-order valence-corrected chi connectivity index (χ4v) is 3.53. The molecule has 1 aromatic heterocycles. The average molecular weight is 338 g/mol. The van der Waals surface area contributed by atoms with Crippen LogP contribution >= 0.6 is 0 Å². The van der Waals surface area contributed by atoms with Crippen LogP contribution in [0.1, 0.15) is 42.9 Å². The predicted molar refractivity (Wildman–Crippen MR) is 94.0 cm³/mol. The molecule has 2 aromatic rings. The van der Waals surface area contributed by atoms with Crippen molar-refractivity contribution in [2.45, 2.75) is 38.1 Å². The van der Waals surface area contributed by atoms with E-state index in [1.54, 1.807) is 6.26 Å². The van der Waals surface area contributed by atoms with Gasteiger partial charge in [0.2, 0.25) is 11.8 Å². The van der Waals surface area contributed by atoms with Gasteiger partial charge in [0, 0.05) is 37.0 Å². The maximum Gasteiger partial charge on any atom is 0.226 e. The highest BCUT2D eigenvalue weighted by Gasteiger charge is 2.45. The number of hydrogen-bond donors (Lipinski definition) is 1. The van der Waals surface area contributed by atoms with Crippen molar-refractivity contribution in [2.24, 2.45) is 5.92 Å². The third-order valence-corrected chi connectivity index (χ3v) is 5.05. The first-order chi connectivity index (χ1) is 12.2. The van der Waals surface area contributed by atoms with Crippen LogP contribution in [0.5, 0.6) is 0 Å². The molecule has 0 bridgehead atoms. The lowest BCUT2D eigenvalue weighted by Gasteiger charge is -2.27. The monoisotopic (exact) mass is 338 g/mol. The molecule has 2 atom stereocenters. The number of piperidine rings is 1. The first-order valence-corrected chi connectivity index (χ1v) is 8.93. The number of nitrogens with one attached hydrogen (secondary N) is 1. The number of benzene rings is 1. The number of carbonyl (C=O) groups is 2. The summed E-state index contributed by atoms with van der Waals surface area (Å²) < 4.78 is 5.38. The number of nitrogens with zero attached hydrogens (tertiary/aromatic N) is 1. The number of amides is 2. The molecule has 25 heavy (non-hydrogen) atoms. The number of hydrogen-bond acceptors (Lipinski definition) is 3. The summed E-state index contributed by atoms with van der Waals surface area (Å²) in [6.45, 7) is 1.26. The molecule has 0 spiro atoms. The fourth-order valence-electron chi connectivity index (χ4n) is 3.53. The van der Waals surface area contributed by atoms with Crippen LogP contribution in [0.25, 0.3) is 0 Å². The summed E-state index contributed by atoms with van der Waals surface area (Å²) in [5.74, 6) is 1.38. The lowest BCUT2D eigenvalue weighted by atomic mass is 10.1. The second kappa shape index (κ2) is 6.75. The Balaban J connectivity index is 1.35. The quantitative estimate of drug-likeness (QED) is 0.910. The van der Waals surface area contributed by atoms with Gasteiger partial charge < -0.3 is 14.6 Å².